The van der Waals surface area contributed by atoms with Crippen molar-refractivity contribution in [3.63, 3.8) is 0 Å². The van der Waals surface area contributed by atoms with Gasteiger partial charge < -0.3 is 15.2 Å². The summed E-state index contributed by atoms with van der Waals surface area (Å²) < 4.78 is 5.72. The van der Waals surface area contributed by atoms with Gasteiger partial charge in [0.25, 0.3) is 0 Å². The number of phenols is 1. The van der Waals surface area contributed by atoms with E-state index in [1.54, 1.807) is 7.11 Å². The van der Waals surface area contributed by atoms with Crippen LogP contribution in [0.4, 0.5) is 0 Å². The van der Waals surface area contributed by atoms with Gasteiger partial charge in [0.15, 0.2) is 0 Å². The smallest absolute Gasteiger partial charge is 0.124 e. The van der Waals surface area contributed by atoms with Crippen molar-refractivity contribution >= 4 is 0 Å². The molecule has 0 saturated heterocycles. The first-order chi connectivity index (χ1) is 10.6. The number of methoxy groups -OCH3 is 1. The molecular weight excluding hydrogens is 274 g/mol. The third-order valence-electron chi connectivity index (χ3n) is 5.68. The molecule has 1 aromatic carbocycles. The fourth-order valence-corrected chi connectivity index (χ4v) is 4.53. The number of ether oxygens (including phenoxy) is 1. The summed E-state index contributed by atoms with van der Waals surface area (Å²) in [4.78, 5) is 0. The molecule has 1 aromatic rings. The molecule has 4 atom stereocenters. The Morgan fingerprint density at radius 3 is 2.73 bits per heavy atom. The summed E-state index contributed by atoms with van der Waals surface area (Å²) in [6, 6.07) is 2.25. The van der Waals surface area contributed by atoms with Gasteiger partial charge in [-0.1, -0.05) is 25.8 Å². The lowest BCUT2D eigenvalue weighted by Gasteiger charge is -2.29. The maximum atomic E-state index is 10.9. The lowest BCUT2D eigenvalue weighted by molar-refractivity contribution is 0.267. The van der Waals surface area contributed by atoms with Crippen molar-refractivity contribution in [3.05, 3.63) is 35.4 Å². The first-order valence-corrected chi connectivity index (χ1v) is 8.37. The molecule has 4 unspecified atom stereocenters. The number of hydrogen-bond acceptors (Lipinski definition) is 3. The second kappa shape index (κ2) is 5.96. The highest BCUT2D eigenvalue weighted by molar-refractivity contribution is 5.60. The zero-order valence-corrected chi connectivity index (χ0v) is 13.9. The quantitative estimate of drug-likeness (QED) is 0.817. The summed E-state index contributed by atoms with van der Waals surface area (Å²) in [7, 11) is 3.74. The topological polar surface area (TPSA) is 41.5 Å². The first-order valence-electron chi connectivity index (χ1n) is 8.37. The molecule has 1 fully saturated rings. The average molecular weight is 301 g/mol. The summed E-state index contributed by atoms with van der Waals surface area (Å²) in [5.74, 6) is 2.57. The molecule has 0 bridgehead atoms. The van der Waals surface area contributed by atoms with Crippen LogP contribution in [-0.4, -0.2) is 19.3 Å². The van der Waals surface area contributed by atoms with Crippen LogP contribution in [-0.2, 0) is 0 Å². The van der Waals surface area contributed by atoms with Crippen LogP contribution < -0.4 is 10.1 Å². The van der Waals surface area contributed by atoms with E-state index in [0.29, 0.717) is 17.6 Å². The summed E-state index contributed by atoms with van der Waals surface area (Å²) in [6.45, 7) is 5.93. The van der Waals surface area contributed by atoms with Crippen LogP contribution in [0.5, 0.6) is 11.5 Å². The molecular formula is C19H27NO2. The van der Waals surface area contributed by atoms with E-state index in [1.165, 1.54) is 31.2 Å². The SMILES string of the molecule is C=CC(C)c1cc(OC)c2c(c1O)C(NC)C1CCCCC21. The number of allylic oxidation sites excluding steroid dienone is 1. The highest BCUT2D eigenvalue weighted by Gasteiger charge is 2.45. The van der Waals surface area contributed by atoms with Crippen molar-refractivity contribution in [2.24, 2.45) is 5.92 Å². The van der Waals surface area contributed by atoms with Gasteiger partial charge in [-0.2, -0.15) is 0 Å². The van der Waals surface area contributed by atoms with Crippen LogP contribution in [0.25, 0.3) is 0 Å². The van der Waals surface area contributed by atoms with E-state index in [4.69, 9.17) is 4.74 Å². The van der Waals surface area contributed by atoms with Gasteiger partial charge in [-0.15, -0.1) is 6.58 Å². The molecule has 0 radical (unpaired) electrons. The van der Waals surface area contributed by atoms with E-state index in [-0.39, 0.29) is 12.0 Å². The molecule has 0 aromatic heterocycles. The first kappa shape index (κ1) is 15.4. The molecule has 3 rings (SSSR count). The molecule has 2 aliphatic carbocycles. The second-order valence-corrected chi connectivity index (χ2v) is 6.69. The lowest BCUT2D eigenvalue weighted by atomic mass is 9.78. The number of fused-ring (bicyclic) bond motifs is 3. The van der Waals surface area contributed by atoms with E-state index in [9.17, 15) is 5.11 Å². The van der Waals surface area contributed by atoms with E-state index in [0.717, 1.165) is 16.9 Å². The van der Waals surface area contributed by atoms with E-state index in [1.807, 2.05) is 19.2 Å². The van der Waals surface area contributed by atoms with Crippen LogP contribution in [0.1, 0.15) is 67.2 Å². The van der Waals surface area contributed by atoms with Crippen LogP contribution in [0.2, 0.25) is 0 Å². The van der Waals surface area contributed by atoms with Crippen molar-refractivity contribution in [1.82, 2.24) is 5.32 Å². The van der Waals surface area contributed by atoms with Crippen molar-refractivity contribution < 1.29 is 9.84 Å². The third kappa shape index (κ3) is 2.14. The van der Waals surface area contributed by atoms with Gasteiger partial charge in [-0.3, -0.25) is 0 Å². The number of phenolic OH excluding ortho intramolecular Hbond substituents is 1. The highest BCUT2D eigenvalue weighted by Crippen LogP contribution is 2.58. The standard InChI is InChI=1S/C19H27NO2/c1-5-11(2)14-10-15(22-4)16-12-8-6-7-9-13(12)18(20-3)17(16)19(14)21/h5,10-13,18,20-21H,1,6-9H2,2-4H3. The van der Waals surface area contributed by atoms with Gasteiger partial charge in [0, 0.05) is 28.7 Å². The van der Waals surface area contributed by atoms with Gasteiger partial charge in [0.05, 0.1) is 7.11 Å². The molecule has 0 amide bonds. The fraction of sp³-hybridized carbons (Fsp3) is 0.579. The van der Waals surface area contributed by atoms with Crippen molar-refractivity contribution in [3.8, 4) is 11.5 Å². The Morgan fingerprint density at radius 2 is 2.09 bits per heavy atom. The molecule has 3 nitrogen and oxygen atoms in total. The summed E-state index contributed by atoms with van der Waals surface area (Å²) >= 11 is 0. The maximum absolute atomic E-state index is 10.9. The minimum atomic E-state index is 0.110. The normalized spacial score (nSPS) is 27.9. The Balaban J connectivity index is 2.22. The molecule has 0 spiro atoms. The molecule has 22 heavy (non-hydrogen) atoms. The van der Waals surface area contributed by atoms with E-state index < -0.39 is 0 Å². The van der Waals surface area contributed by atoms with Gasteiger partial charge >= 0.3 is 0 Å². The molecule has 3 heteroatoms. The maximum Gasteiger partial charge on any atom is 0.124 e. The lowest BCUT2D eigenvalue weighted by Crippen LogP contribution is -2.25. The van der Waals surface area contributed by atoms with Gasteiger partial charge in [0.1, 0.15) is 11.5 Å². The van der Waals surface area contributed by atoms with E-state index >= 15 is 0 Å². The van der Waals surface area contributed by atoms with Gasteiger partial charge in [-0.25, -0.2) is 0 Å². The Labute approximate surface area is 133 Å². The molecule has 0 heterocycles. The number of benzene rings is 1. The number of hydrogen-bond donors (Lipinski definition) is 2. The van der Waals surface area contributed by atoms with Gasteiger partial charge in [-0.05, 0) is 37.8 Å². The summed E-state index contributed by atoms with van der Waals surface area (Å²) in [5.41, 5.74) is 3.23. The fourth-order valence-electron chi connectivity index (χ4n) is 4.53. The third-order valence-corrected chi connectivity index (χ3v) is 5.68. The molecule has 2 N–H and O–H groups in total. The minimum Gasteiger partial charge on any atom is -0.507 e. The zero-order chi connectivity index (χ0) is 15.9. The average Bonchev–Trinajstić information content (AvgIpc) is 2.90. The Kier molecular flexibility index (Phi) is 4.18. The van der Waals surface area contributed by atoms with Gasteiger partial charge in [0.2, 0.25) is 0 Å². The summed E-state index contributed by atoms with van der Waals surface area (Å²) in [6.07, 6.45) is 6.84. The van der Waals surface area contributed by atoms with Crippen molar-refractivity contribution in [1.29, 1.82) is 0 Å². The Bertz CT molecular complexity index is 581. The van der Waals surface area contributed by atoms with Crippen LogP contribution in [0.15, 0.2) is 18.7 Å². The number of aromatic hydroxyl groups is 1. The molecule has 1 saturated carbocycles. The number of nitrogens with one attached hydrogen (secondary N) is 1. The largest absolute Gasteiger partial charge is 0.507 e. The minimum absolute atomic E-state index is 0.110. The Hall–Kier alpha value is -1.48. The number of rotatable bonds is 4. The van der Waals surface area contributed by atoms with Crippen molar-refractivity contribution in [2.75, 3.05) is 14.2 Å². The summed E-state index contributed by atoms with van der Waals surface area (Å²) in [5, 5.41) is 14.4. The van der Waals surface area contributed by atoms with Crippen LogP contribution >= 0.6 is 0 Å². The van der Waals surface area contributed by atoms with E-state index in [2.05, 4.69) is 18.8 Å². The highest BCUT2D eigenvalue weighted by atomic mass is 16.5. The predicted molar refractivity (Wildman–Crippen MR) is 89.8 cm³/mol. The zero-order valence-electron chi connectivity index (χ0n) is 13.9. The second-order valence-electron chi connectivity index (χ2n) is 6.69. The molecule has 0 aliphatic heterocycles. The van der Waals surface area contributed by atoms with Crippen LogP contribution in [0, 0.1) is 5.92 Å². The molecule has 120 valence electrons. The van der Waals surface area contributed by atoms with Crippen molar-refractivity contribution in [2.45, 2.75) is 50.5 Å². The van der Waals surface area contributed by atoms with Crippen LogP contribution in [0.3, 0.4) is 0 Å². The molecule has 2 aliphatic rings. The monoisotopic (exact) mass is 301 g/mol. The predicted octanol–water partition coefficient (Wildman–Crippen LogP) is 4.24. The Morgan fingerprint density at radius 1 is 1.36 bits per heavy atom.